The van der Waals surface area contributed by atoms with Crippen LogP contribution in [0.15, 0.2) is 18.3 Å². The van der Waals surface area contributed by atoms with Crippen molar-refractivity contribution in [3.05, 3.63) is 29.6 Å². The Morgan fingerprint density at radius 3 is 2.07 bits per heavy atom. The number of hydrogen-bond donors (Lipinski definition) is 0. The Balaban J connectivity index is 3.31. The first-order valence-electron chi connectivity index (χ1n) is 3.32. The number of pyridine rings is 1. The van der Waals surface area contributed by atoms with Crippen LogP contribution in [0.3, 0.4) is 0 Å². The maximum absolute atomic E-state index is 12.6. The fraction of sp³-hybridized carbons (Fsp3) is 0.286. The molecule has 7 heteroatoms. The van der Waals surface area contributed by atoms with Crippen LogP contribution in [-0.4, -0.2) is 4.98 Å². The summed E-state index contributed by atoms with van der Waals surface area (Å²) >= 11 is 1.86. The molecule has 0 aliphatic carbocycles. The highest BCUT2D eigenvalue weighted by Crippen LogP contribution is 2.41. The molecule has 0 N–H and O–H groups in total. The van der Waals surface area contributed by atoms with E-state index in [4.69, 9.17) is 0 Å². The highest BCUT2D eigenvalue weighted by molar-refractivity contribution is 9.09. The van der Waals surface area contributed by atoms with E-state index in [1.807, 2.05) is 15.9 Å². The van der Waals surface area contributed by atoms with E-state index in [1.165, 1.54) is 0 Å². The quantitative estimate of drug-likeness (QED) is 0.564. The van der Waals surface area contributed by atoms with Crippen molar-refractivity contribution in [2.24, 2.45) is 0 Å². The third-order valence-electron chi connectivity index (χ3n) is 1.38. The third kappa shape index (κ3) is 2.40. The first-order chi connectivity index (χ1) is 6.23. The minimum atomic E-state index is -4.88. The Morgan fingerprint density at radius 1 is 1.14 bits per heavy atom. The lowest BCUT2D eigenvalue weighted by molar-refractivity contribution is -0.143. The molecule has 0 aliphatic rings. The Hall–Kier alpha value is -0.720. The van der Waals surface area contributed by atoms with Gasteiger partial charge in [0, 0.05) is 6.20 Å². The molecule has 0 saturated heterocycles. The van der Waals surface area contributed by atoms with Crippen LogP contribution < -0.4 is 0 Å². The maximum Gasteiger partial charge on any atom is 0.433 e. The number of alkyl halides is 6. The lowest BCUT2D eigenvalue weighted by Gasteiger charge is -2.14. The number of halogens is 6. The third-order valence-corrected chi connectivity index (χ3v) is 1.81. The van der Waals surface area contributed by atoms with Crippen molar-refractivity contribution in [1.29, 1.82) is 0 Å². The zero-order chi connectivity index (χ0) is 11.0. The molecule has 0 spiro atoms. The van der Waals surface area contributed by atoms with E-state index in [0.717, 1.165) is 12.3 Å². The second kappa shape index (κ2) is 3.45. The van der Waals surface area contributed by atoms with Crippen molar-refractivity contribution < 1.29 is 22.0 Å². The van der Waals surface area contributed by atoms with Gasteiger partial charge in [0.2, 0.25) is 0 Å². The summed E-state index contributed by atoms with van der Waals surface area (Å²) in [6.45, 7) is 0. The molecule has 0 radical (unpaired) electrons. The Labute approximate surface area is 84.1 Å². The van der Waals surface area contributed by atoms with Crippen molar-refractivity contribution in [1.82, 2.24) is 4.98 Å². The van der Waals surface area contributed by atoms with Crippen LogP contribution >= 0.6 is 15.9 Å². The van der Waals surface area contributed by atoms with Gasteiger partial charge in [0.15, 0.2) is 5.69 Å². The summed E-state index contributed by atoms with van der Waals surface area (Å²) < 4.78 is 61.7. The molecule has 0 saturated carbocycles. The number of hydrogen-bond acceptors (Lipinski definition) is 1. The second-order valence-electron chi connectivity index (χ2n) is 2.40. The van der Waals surface area contributed by atoms with Crippen LogP contribution in [0, 0.1) is 0 Å². The largest absolute Gasteiger partial charge is 0.433 e. The first-order valence-corrected chi connectivity index (χ1v) is 4.11. The van der Waals surface area contributed by atoms with Gasteiger partial charge in [-0.2, -0.15) is 22.0 Å². The molecule has 14 heavy (non-hydrogen) atoms. The summed E-state index contributed by atoms with van der Waals surface area (Å²) in [6, 6.07) is 1.68. The number of aromatic nitrogens is 1. The van der Waals surface area contributed by atoms with Gasteiger partial charge in [-0.1, -0.05) is 0 Å². The average Bonchev–Trinajstić information content (AvgIpc) is 2.01. The van der Waals surface area contributed by atoms with Crippen LogP contribution in [0.25, 0.3) is 0 Å². The summed E-state index contributed by atoms with van der Waals surface area (Å²) in [5.74, 6) is 0. The number of nitrogens with zero attached hydrogens (tertiary/aromatic N) is 1. The Morgan fingerprint density at radius 2 is 1.71 bits per heavy atom. The predicted octanol–water partition coefficient (Wildman–Crippen LogP) is 3.54. The molecule has 1 rings (SSSR count). The second-order valence-corrected chi connectivity index (χ2v) is 3.39. The smallest absolute Gasteiger partial charge is 0.251 e. The van der Waals surface area contributed by atoms with E-state index >= 15 is 0 Å². The average molecular weight is 276 g/mol. The first kappa shape index (κ1) is 11.4. The molecule has 0 aromatic carbocycles. The fourth-order valence-corrected chi connectivity index (χ4v) is 1.18. The van der Waals surface area contributed by atoms with Gasteiger partial charge < -0.3 is 0 Å². The highest BCUT2D eigenvalue weighted by atomic mass is 79.9. The van der Waals surface area contributed by atoms with Crippen LogP contribution in [0.4, 0.5) is 22.0 Å². The van der Waals surface area contributed by atoms with Crippen LogP contribution in [0.2, 0.25) is 0 Å². The molecular formula is C7H3BrF5N. The van der Waals surface area contributed by atoms with Crippen LogP contribution in [0.1, 0.15) is 11.3 Å². The van der Waals surface area contributed by atoms with E-state index in [9.17, 15) is 22.0 Å². The van der Waals surface area contributed by atoms with Crippen molar-refractivity contribution in [3.8, 4) is 0 Å². The molecule has 1 nitrogen and oxygen atoms in total. The van der Waals surface area contributed by atoms with Crippen LogP contribution in [-0.2, 0) is 11.0 Å². The molecular weight excluding hydrogens is 273 g/mol. The van der Waals surface area contributed by atoms with Gasteiger partial charge in [-0.05, 0) is 28.1 Å². The standard InChI is InChI=1S/C7H3BrF5N/c8-6(9,10)4-2-1-3-14-5(4)7(11,12)13/h1-3H. The molecule has 0 bridgehead atoms. The zero-order valence-electron chi connectivity index (χ0n) is 6.45. The summed E-state index contributed by atoms with van der Waals surface area (Å²) in [4.78, 5) is -0.849. The van der Waals surface area contributed by atoms with Gasteiger partial charge in [-0.3, -0.25) is 4.98 Å². The Kier molecular flexibility index (Phi) is 2.80. The minimum Gasteiger partial charge on any atom is -0.251 e. The summed E-state index contributed by atoms with van der Waals surface area (Å²) in [6.07, 6.45) is -4.07. The highest BCUT2D eigenvalue weighted by Gasteiger charge is 2.42. The molecule has 1 aromatic rings. The van der Waals surface area contributed by atoms with Gasteiger partial charge in [0.25, 0.3) is 0 Å². The zero-order valence-corrected chi connectivity index (χ0v) is 8.03. The maximum atomic E-state index is 12.6. The van der Waals surface area contributed by atoms with E-state index in [1.54, 1.807) is 0 Å². The van der Waals surface area contributed by atoms with E-state index in [-0.39, 0.29) is 0 Å². The van der Waals surface area contributed by atoms with E-state index in [0.29, 0.717) is 6.07 Å². The predicted molar refractivity (Wildman–Crippen MR) is 42.1 cm³/mol. The summed E-state index contributed by atoms with van der Waals surface area (Å²) in [7, 11) is 0. The summed E-state index contributed by atoms with van der Waals surface area (Å²) in [5, 5.41) is 0. The lowest BCUT2D eigenvalue weighted by atomic mass is 10.2. The van der Waals surface area contributed by atoms with Crippen molar-refractivity contribution >= 4 is 15.9 Å². The Bertz CT molecular complexity index is 297. The topological polar surface area (TPSA) is 12.9 Å². The van der Waals surface area contributed by atoms with Gasteiger partial charge in [0.1, 0.15) is 0 Å². The fourth-order valence-electron chi connectivity index (χ4n) is 0.860. The molecule has 0 fully saturated rings. The molecule has 1 heterocycles. The van der Waals surface area contributed by atoms with E-state index < -0.39 is 22.3 Å². The van der Waals surface area contributed by atoms with Crippen molar-refractivity contribution in [2.75, 3.05) is 0 Å². The van der Waals surface area contributed by atoms with Crippen LogP contribution in [0.5, 0.6) is 0 Å². The summed E-state index contributed by atoms with van der Waals surface area (Å²) in [5.41, 5.74) is -2.77. The molecule has 78 valence electrons. The van der Waals surface area contributed by atoms with Gasteiger partial charge >= 0.3 is 11.0 Å². The molecule has 0 amide bonds. The normalized spacial score (nSPS) is 13.0. The van der Waals surface area contributed by atoms with E-state index in [2.05, 4.69) is 4.98 Å². The molecule has 0 atom stereocenters. The van der Waals surface area contributed by atoms with Gasteiger partial charge in [0.05, 0.1) is 5.56 Å². The van der Waals surface area contributed by atoms with Gasteiger partial charge in [-0.15, -0.1) is 0 Å². The van der Waals surface area contributed by atoms with Gasteiger partial charge in [-0.25, -0.2) is 0 Å². The van der Waals surface area contributed by atoms with Crippen molar-refractivity contribution in [3.63, 3.8) is 0 Å². The SMILES string of the molecule is FC(F)(F)c1ncccc1C(F)(F)Br. The minimum absolute atomic E-state index is 0.671. The number of rotatable bonds is 1. The molecule has 1 aromatic heterocycles. The lowest BCUT2D eigenvalue weighted by Crippen LogP contribution is -2.17. The molecule has 0 unspecified atom stereocenters. The monoisotopic (exact) mass is 275 g/mol. The molecule has 0 aliphatic heterocycles. The van der Waals surface area contributed by atoms with Crippen molar-refractivity contribution in [2.45, 2.75) is 11.0 Å².